The topological polar surface area (TPSA) is 70.0 Å². The van der Waals surface area contributed by atoms with E-state index < -0.39 is 10.0 Å². The number of benzene rings is 2. The van der Waals surface area contributed by atoms with Gasteiger partial charge in [-0.2, -0.15) is 5.26 Å². The molecule has 0 unspecified atom stereocenters. The Kier molecular flexibility index (Phi) is 5.43. The second-order valence-corrected chi connectivity index (χ2v) is 7.07. The summed E-state index contributed by atoms with van der Waals surface area (Å²) in [5.41, 5.74) is 0.983. The summed E-state index contributed by atoms with van der Waals surface area (Å²) >= 11 is 12.1. The zero-order valence-electron chi connectivity index (χ0n) is 11.4. The van der Waals surface area contributed by atoms with Crippen LogP contribution >= 0.6 is 23.2 Å². The van der Waals surface area contributed by atoms with Crippen molar-refractivity contribution in [2.75, 3.05) is 6.54 Å². The summed E-state index contributed by atoms with van der Waals surface area (Å²) in [4.78, 5) is 0.0526. The maximum absolute atomic E-state index is 12.2. The first-order chi connectivity index (χ1) is 10.4. The summed E-state index contributed by atoms with van der Waals surface area (Å²) in [6.45, 7) is 0.155. The number of nitriles is 1. The summed E-state index contributed by atoms with van der Waals surface area (Å²) in [5, 5.41) is 9.82. The van der Waals surface area contributed by atoms with E-state index in [0.717, 1.165) is 0 Å². The lowest BCUT2D eigenvalue weighted by Gasteiger charge is -2.09. The molecule has 7 heteroatoms. The number of rotatable bonds is 5. The molecule has 0 amide bonds. The number of hydrogen-bond donors (Lipinski definition) is 1. The predicted molar refractivity (Wildman–Crippen MR) is 86.5 cm³/mol. The molecular weight excluding hydrogens is 343 g/mol. The van der Waals surface area contributed by atoms with Crippen LogP contribution < -0.4 is 4.72 Å². The molecule has 2 aromatic rings. The molecule has 0 spiro atoms. The molecular formula is C15H12Cl2N2O2S. The Morgan fingerprint density at radius 1 is 1.09 bits per heavy atom. The van der Waals surface area contributed by atoms with E-state index in [-0.39, 0.29) is 17.0 Å². The van der Waals surface area contributed by atoms with Gasteiger partial charge in [0.05, 0.1) is 16.5 Å². The smallest absolute Gasteiger partial charge is 0.211 e. The van der Waals surface area contributed by atoms with Crippen LogP contribution in [0, 0.1) is 11.3 Å². The first-order valence-electron chi connectivity index (χ1n) is 6.37. The SMILES string of the molecule is N#Cc1cccc(S(=O)(=O)NCCc2c(Cl)cccc2Cl)c1. The van der Waals surface area contributed by atoms with Crippen LogP contribution in [0.4, 0.5) is 0 Å². The third-order valence-electron chi connectivity index (χ3n) is 3.00. The molecule has 0 radical (unpaired) electrons. The molecule has 1 N–H and O–H groups in total. The second kappa shape index (κ2) is 7.12. The number of sulfonamides is 1. The second-order valence-electron chi connectivity index (χ2n) is 4.49. The highest BCUT2D eigenvalue weighted by molar-refractivity contribution is 7.89. The van der Waals surface area contributed by atoms with E-state index in [4.69, 9.17) is 28.5 Å². The van der Waals surface area contributed by atoms with Crippen LogP contribution in [-0.4, -0.2) is 15.0 Å². The van der Waals surface area contributed by atoms with Crippen molar-refractivity contribution in [2.45, 2.75) is 11.3 Å². The average Bonchev–Trinajstić information content (AvgIpc) is 2.50. The number of nitrogens with zero attached hydrogens (tertiary/aromatic N) is 1. The highest BCUT2D eigenvalue weighted by Crippen LogP contribution is 2.24. The molecule has 0 heterocycles. The third kappa shape index (κ3) is 3.99. The fourth-order valence-electron chi connectivity index (χ4n) is 1.90. The molecule has 4 nitrogen and oxygen atoms in total. The molecule has 0 saturated heterocycles. The molecule has 0 saturated carbocycles. The average molecular weight is 355 g/mol. The van der Waals surface area contributed by atoms with Gasteiger partial charge in [-0.3, -0.25) is 0 Å². The highest BCUT2D eigenvalue weighted by Gasteiger charge is 2.14. The molecule has 22 heavy (non-hydrogen) atoms. The van der Waals surface area contributed by atoms with Crippen molar-refractivity contribution in [3.05, 3.63) is 63.6 Å². The van der Waals surface area contributed by atoms with Crippen molar-refractivity contribution in [2.24, 2.45) is 0 Å². The van der Waals surface area contributed by atoms with E-state index in [1.54, 1.807) is 24.3 Å². The summed E-state index contributed by atoms with van der Waals surface area (Å²) in [6, 6.07) is 12.9. The zero-order chi connectivity index (χ0) is 16.2. The fraction of sp³-hybridized carbons (Fsp3) is 0.133. The van der Waals surface area contributed by atoms with Gasteiger partial charge in [0, 0.05) is 16.6 Å². The minimum absolute atomic E-state index is 0.0526. The third-order valence-corrected chi connectivity index (χ3v) is 5.17. The maximum Gasteiger partial charge on any atom is 0.240 e. The Hall–Kier alpha value is -1.58. The normalized spacial score (nSPS) is 11.1. The van der Waals surface area contributed by atoms with Gasteiger partial charge in [-0.05, 0) is 42.3 Å². The van der Waals surface area contributed by atoms with Crippen LogP contribution in [0.2, 0.25) is 10.0 Å². The van der Waals surface area contributed by atoms with Gasteiger partial charge in [-0.15, -0.1) is 0 Å². The Labute approximate surface area is 139 Å². The van der Waals surface area contributed by atoms with E-state index in [0.29, 0.717) is 22.0 Å². The van der Waals surface area contributed by atoms with Gasteiger partial charge >= 0.3 is 0 Å². The summed E-state index contributed by atoms with van der Waals surface area (Å²) in [6.07, 6.45) is 0.371. The van der Waals surface area contributed by atoms with Crippen LogP contribution in [0.3, 0.4) is 0 Å². The molecule has 0 aliphatic carbocycles. The van der Waals surface area contributed by atoms with Crippen LogP contribution in [0.1, 0.15) is 11.1 Å². The van der Waals surface area contributed by atoms with E-state index in [1.165, 1.54) is 18.2 Å². The minimum Gasteiger partial charge on any atom is -0.211 e. The molecule has 2 aromatic carbocycles. The minimum atomic E-state index is -3.68. The van der Waals surface area contributed by atoms with Gasteiger partial charge in [0.15, 0.2) is 0 Å². The number of hydrogen-bond acceptors (Lipinski definition) is 3. The van der Waals surface area contributed by atoms with Crippen molar-refractivity contribution in [1.82, 2.24) is 4.72 Å². The van der Waals surface area contributed by atoms with Gasteiger partial charge in [0.25, 0.3) is 0 Å². The van der Waals surface area contributed by atoms with Crippen LogP contribution in [0.15, 0.2) is 47.4 Å². The molecule has 0 atom stereocenters. The Balaban J connectivity index is 2.09. The lowest BCUT2D eigenvalue weighted by molar-refractivity contribution is 0.581. The largest absolute Gasteiger partial charge is 0.240 e. The zero-order valence-corrected chi connectivity index (χ0v) is 13.7. The molecule has 0 bridgehead atoms. The van der Waals surface area contributed by atoms with E-state index in [2.05, 4.69) is 4.72 Å². The van der Waals surface area contributed by atoms with Crippen molar-refractivity contribution in [3.63, 3.8) is 0 Å². The van der Waals surface area contributed by atoms with Gasteiger partial charge in [0.1, 0.15) is 0 Å². The number of halogens is 2. The van der Waals surface area contributed by atoms with Crippen molar-refractivity contribution >= 4 is 33.2 Å². The standard InChI is InChI=1S/C15H12Cl2N2O2S/c16-14-5-2-6-15(17)13(14)7-8-19-22(20,21)12-4-1-3-11(9-12)10-18/h1-6,9,19H,7-8H2. The van der Waals surface area contributed by atoms with Gasteiger partial charge < -0.3 is 0 Å². The number of nitrogens with one attached hydrogen (secondary N) is 1. The fourth-order valence-corrected chi connectivity index (χ4v) is 3.56. The molecule has 0 aliphatic rings. The maximum atomic E-state index is 12.2. The molecule has 0 fully saturated rings. The van der Waals surface area contributed by atoms with Gasteiger partial charge in [-0.1, -0.05) is 35.3 Å². The quantitative estimate of drug-likeness (QED) is 0.894. The van der Waals surface area contributed by atoms with E-state index in [1.807, 2.05) is 6.07 Å². The summed E-state index contributed by atoms with van der Waals surface area (Å²) in [5.74, 6) is 0. The first-order valence-corrected chi connectivity index (χ1v) is 8.60. The Morgan fingerprint density at radius 2 is 1.73 bits per heavy atom. The van der Waals surface area contributed by atoms with Crippen molar-refractivity contribution in [3.8, 4) is 6.07 Å². The molecule has 0 aromatic heterocycles. The van der Waals surface area contributed by atoms with Crippen LogP contribution in [-0.2, 0) is 16.4 Å². The summed E-state index contributed by atoms with van der Waals surface area (Å²) in [7, 11) is -3.68. The van der Waals surface area contributed by atoms with Crippen molar-refractivity contribution in [1.29, 1.82) is 5.26 Å². The van der Waals surface area contributed by atoms with Crippen molar-refractivity contribution < 1.29 is 8.42 Å². The Bertz CT molecular complexity index is 809. The highest BCUT2D eigenvalue weighted by atomic mass is 35.5. The lowest BCUT2D eigenvalue weighted by Crippen LogP contribution is -2.26. The first kappa shape index (κ1) is 16.8. The van der Waals surface area contributed by atoms with Crippen LogP contribution in [0.5, 0.6) is 0 Å². The molecule has 114 valence electrons. The van der Waals surface area contributed by atoms with Gasteiger partial charge in [-0.25, -0.2) is 13.1 Å². The van der Waals surface area contributed by atoms with E-state index >= 15 is 0 Å². The monoisotopic (exact) mass is 354 g/mol. The predicted octanol–water partition coefficient (Wildman–Crippen LogP) is 3.39. The summed E-state index contributed by atoms with van der Waals surface area (Å²) < 4.78 is 26.8. The van der Waals surface area contributed by atoms with Crippen LogP contribution in [0.25, 0.3) is 0 Å². The Morgan fingerprint density at radius 3 is 2.36 bits per heavy atom. The molecule has 0 aliphatic heterocycles. The lowest BCUT2D eigenvalue weighted by atomic mass is 10.1. The van der Waals surface area contributed by atoms with E-state index in [9.17, 15) is 8.42 Å². The molecule has 2 rings (SSSR count). The van der Waals surface area contributed by atoms with Gasteiger partial charge in [0.2, 0.25) is 10.0 Å².